The number of hydrogen-bond acceptors (Lipinski definition) is 8. The molecule has 1 aliphatic rings. The van der Waals surface area contributed by atoms with Gasteiger partial charge in [0.25, 0.3) is 0 Å². The molecule has 1 fully saturated rings. The van der Waals surface area contributed by atoms with Crippen LogP contribution in [0.5, 0.6) is 11.6 Å². The van der Waals surface area contributed by atoms with Gasteiger partial charge in [-0.1, -0.05) is 30.3 Å². The highest BCUT2D eigenvalue weighted by Crippen LogP contribution is 2.34. The first-order chi connectivity index (χ1) is 19.3. The molecule has 0 radical (unpaired) electrons. The van der Waals surface area contributed by atoms with Gasteiger partial charge in [-0.15, -0.1) is 0 Å². The summed E-state index contributed by atoms with van der Waals surface area (Å²) in [6.07, 6.45) is 3.97. The molecule has 1 unspecified atom stereocenters. The van der Waals surface area contributed by atoms with E-state index < -0.39 is 38.8 Å². The summed E-state index contributed by atoms with van der Waals surface area (Å²) in [5, 5.41) is 5.95. The largest absolute Gasteiger partial charge is 0.435 e. The van der Waals surface area contributed by atoms with Gasteiger partial charge >= 0.3 is 0 Å². The number of aromatic nitrogens is 3. The van der Waals surface area contributed by atoms with Gasteiger partial charge in [-0.3, -0.25) is 9.52 Å². The number of carbonyl (C=O) groups is 1. The Bertz CT molecular complexity index is 1630. The third kappa shape index (κ3) is 6.49. The van der Waals surface area contributed by atoms with Gasteiger partial charge in [0.1, 0.15) is 0 Å². The van der Waals surface area contributed by atoms with Gasteiger partial charge in [0.15, 0.2) is 11.6 Å². The summed E-state index contributed by atoms with van der Waals surface area (Å²) in [7, 11) is -4.01. The molecule has 2 aromatic carbocycles. The van der Waals surface area contributed by atoms with Crippen LogP contribution in [-0.2, 0) is 20.6 Å². The molecular formula is C27H24F2N6O4S. The third-order valence-electron chi connectivity index (χ3n) is 6.02. The fraction of sp³-hybridized carbons (Fsp3) is 0.185. The van der Waals surface area contributed by atoms with E-state index in [-0.39, 0.29) is 17.8 Å². The lowest BCUT2D eigenvalue weighted by Gasteiger charge is -2.23. The number of pyridine rings is 1. The van der Waals surface area contributed by atoms with Crippen molar-refractivity contribution in [2.24, 2.45) is 0 Å². The zero-order valence-corrected chi connectivity index (χ0v) is 21.8. The molecule has 5 rings (SSSR count). The molecule has 4 aromatic rings. The van der Waals surface area contributed by atoms with Crippen molar-refractivity contribution >= 4 is 27.6 Å². The first kappa shape index (κ1) is 26.9. The van der Waals surface area contributed by atoms with Crippen molar-refractivity contribution in [3.63, 3.8) is 0 Å². The summed E-state index contributed by atoms with van der Waals surface area (Å²) in [5.74, 6) is -3.44. The zero-order chi connectivity index (χ0) is 28.1. The number of piperidine rings is 1. The monoisotopic (exact) mass is 566 g/mol. The number of benzene rings is 2. The van der Waals surface area contributed by atoms with Crippen molar-refractivity contribution in [2.75, 3.05) is 16.6 Å². The molecule has 206 valence electrons. The number of ether oxygens (including phenoxy) is 1. The minimum atomic E-state index is -4.01. The number of amides is 1. The van der Waals surface area contributed by atoms with Crippen LogP contribution in [0.25, 0.3) is 11.3 Å². The van der Waals surface area contributed by atoms with Crippen LogP contribution in [0.2, 0.25) is 0 Å². The van der Waals surface area contributed by atoms with E-state index in [4.69, 9.17) is 4.74 Å². The average molecular weight is 567 g/mol. The molecule has 0 saturated carbocycles. The van der Waals surface area contributed by atoms with Gasteiger partial charge in [-0.2, -0.15) is 4.39 Å². The predicted molar refractivity (Wildman–Crippen MR) is 144 cm³/mol. The summed E-state index contributed by atoms with van der Waals surface area (Å²) >= 11 is 0. The molecule has 0 spiro atoms. The number of hydrogen-bond donors (Lipinski definition) is 3. The Morgan fingerprint density at radius 3 is 2.58 bits per heavy atom. The van der Waals surface area contributed by atoms with E-state index in [0.717, 1.165) is 12.1 Å². The van der Waals surface area contributed by atoms with Gasteiger partial charge in [0.2, 0.25) is 33.6 Å². The summed E-state index contributed by atoms with van der Waals surface area (Å²) < 4.78 is 62.6. The third-order valence-corrected chi connectivity index (χ3v) is 7.26. The molecule has 1 amide bonds. The lowest BCUT2D eigenvalue weighted by Crippen LogP contribution is -2.42. The fourth-order valence-electron chi connectivity index (χ4n) is 4.07. The minimum absolute atomic E-state index is 0.00818. The van der Waals surface area contributed by atoms with Crippen LogP contribution in [-0.4, -0.2) is 41.9 Å². The highest BCUT2D eigenvalue weighted by Gasteiger charge is 2.22. The Hall–Kier alpha value is -4.65. The highest BCUT2D eigenvalue weighted by atomic mass is 32.2. The highest BCUT2D eigenvalue weighted by molar-refractivity contribution is 7.91. The maximum Gasteiger partial charge on any atom is 0.237 e. The van der Waals surface area contributed by atoms with Gasteiger partial charge in [-0.05, 0) is 42.3 Å². The predicted octanol–water partition coefficient (Wildman–Crippen LogP) is 4.24. The first-order valence-electron chi connectivity index (χ1n) is 12.3. The van der Waals surface area contributed by atoms with Gasteiger partial charge in [0, 0.05) is 31.4 Å². The number of nitrogens with zero attached hydrogens (tertiary/aromatic N) is 3. The van der Waals surface area contributed by atoms with Gasteiger partial charge in [-0.25, -0.2) is 27.8 Å². The van der Waals surface area contributed by atoms with E-state index in [0.29, 0.717) is 42.2 Å². The summed E-state index contributed by atoms with van der Waals surface area (Å²) in [6, 6.07) is 15.4. The standard InChI is InChI=1S/C27H24F2N6O4S/c28-24-21(35-40(37,38)16-17-5-2-1-3-6-17)9-10-22(25(24)29)39-26-19(7-4-13-30-26)20-12-14-31-27(34-20)33-18-8-11-23(36)32-15-18/h1-7,9-10,12-14,18,35H,8,11,15-16H2,(H,32,36)(H,31,33,34). The Morgan fingerprint density at radius 2 is 1.80 bits per heavy atom. The maximum absolute atomic E-state index is 15.0. The van der Waals surface area contributed by atoms with Crippen LogP contribution >= 0.6 is 0 Å². The average Bonchev–Trinajstić information content (AvgIpc) is 2.95. The second-order valence-corrected chi connectivity index (χ2v) is 10.7. The smallest absolute Gasteiger partial charge is 0.237 e. The molecular weight excluding hydrogens is 542 g/mol. The number of nitrogens with one attached hydrogen (secondary N) is 3. The molecule has 3 heterocycles. The first-order valence-corrected chi connectivity index (χ1v) is 13.9. The lowest BCUT2D eigenvalue weighted by atomic mass is 10.1. The fourth-order valence-corrected chi connectivity index (χ4v) is 5.27. The lowest BCUT2D eigenvalue weighted by molar-refractivity contribution is -0.122. The Morgan fingerprint density at radius 1 is 0.975 bits per heavy atom. The number of rotatable bonds is 9. The van der Waals surface area contributed by atoms with E-state index in [2.05, 4.69) is 30.3 Å². The van der Waals surface area contributed by atoms with Crippen molar-refractivity contribution in [1.82, 2.24) is 20.3 Å². The molecule has 1 aliphatic heterocycles. The number of halogens is 2. The quantitative estimate of drug-likeness (QED) is 0.274. The SMILES string of the molecule is O=C1CCC(Nc2nccc(-c3cccnc3Oc3ccc(NS(=O)(=O)Cc4ccccc4)c(F)c3F)n2)CN1. The number of anilines is 2. The van der Waals surface area contributed by atoms with Crippen molar-refractivity contribution in [3.8, 4) is 22.9 Å². The van der Waals surface area contributed by atoms with Crippen LogP contribution in [0.1, 0.15) is 18.4 Å². The molecule has 10 nitrogen and oxygen atoms in total. The van der Waals surface area contributed by atoms with Crippen LogP contribution in [0.4, 0.5) is 20.4 Å². The molecule has 40 heavy (non-hydrogen) atoms. The molecule has 1 atom stereocenters. The van der Waals surface area contributed by atoms with Crippen LogP contribution in [0.3, 0.4) is 0 Å². The normalized spacial score (nSPS) is 15.2. The van der Waals surface area contributed by atoms with Crippen molar-refractivity contribution in [3.05, 3.63) is 90.3 Å². The number of carbonyl (C=O) groups excluding carboxylic acids is 1. The Kier molecular flexibility index (Phi) is 7.82. The summed E-state index contributed by atoms with van der Waals surface area (Å²) in [5.41, 5.74) is 0.739. The van der Waals surface area contributed by atoms with Gasteiger partial charge in [0.05, 0.1) is 22.7 Å². The maximum atomic E-state index is 15.0. The minimum Gasteiger partial charge on any atom is -0.435 e. The van der Waals surface area contributed by atoms with E-state index in [1.807, 2.05) is 0 Å². The van der Waals surface area contributed by atoms with E-state index in [9.17, 15) is 17.6 Å². The van der Waals surface area contributed by atoms with E-state index in [1.54, 1.807) is 48.5 Å². The van der Waals surface area contributed by atoms with Crippen LogP contribution in [0, 0.1) is 11.6 Å². The number of sulfonamides is 1. The second kappa shape index (κ2) is 11.6. The van der Waals surface area contributed by atoms with Crippen molar-refractivity contribution in [2.45, 2.75) is 24.6 Å². The summed E-state index contributed by atoms with van der Waals surface area (Å²) in [6.45, 7) is 0.441. The van der Waals surface area contributed by atoms with Crippen molar-refractivity contribution in [1.29, 1.82) is 0 Å². The molecule has 13 heteroatoms. The van der Waals surface area contributed by atoms with Gasteiger partial charge < -0.3 is 15.4 Å². The van der Waals surface area contributed by atoms with E-state index >= 15 is 4.39 Å². The molecule has 2 aromatic heterocycles. The molecule has 0 aliphatic carbocycles. The molecule has 1 saturated heterocycles. The topological polar surface area (TPSA) is 135 Å². The summed E-state index contributed by atoms with van der Waals surface area (Å²) in [4.78, 5) is 24.3. The second-order valence-electron chi connectivity index (χ2n) is 8.99. The van der Waals surface area contributed by atoms with Crippen LogP contribution in [0.15, 0.2) is 73.1 Å². The van der Waals surface area contributed by atoms with Crippen LogP contribution < -0.4 is 20.1 Å². The molecule has 3 N–H and O–H groups in total. The van der Waals surface area contributed by atoms with E-state index in [1.165, 1.54) is 12.4 Å². The molecule has 0 bridgehead atoms. The Labute approximate surface area is 228 Å². The zero-order valence-electron chi connectivity index (χ0n) is 21.0. The van der Waals surface area contributed by atoms with Crippen molar-refractivity contribution < 1.29 is 26.7 Å². The Balaban J connectivity index is 1.34.